The summed E-state index contributed by atoms with van der Waals surface area (Å²) in [5.41, 5.74) is 3.61. The molecule has 156 valence electrons. The van der Waals surface area contributed by atoms with Crippen molar-refractivity contribution in [3.05, 3.63) is 84.4 Å². The summed E-state index contributed by atoms with van der Waals surface area (Å²) in [6.07, 6.45) is 6.69. The maximum atomic E-state index is 12.9. The Morgan fingerprint density at radius 3 is 2.39 bits per heavy atom. The van der Waals surface area contributed by atoms with Crippen LogP contribution >= 0.6 is 0 Å². The Bertz CT molecular complexity index is 1090. The normalized spacial score (nSPS) is 22.6. The first-order valence-corrected chi connectivity index (χ1v) is 10.3. The van der Waals surface area contributed by atoms with Gasteiger partial charge in [0.25, 0.3) is 5.91 Å². The number of pyridine rings is 2. The Balaban J connectivity index is 1.39. The van der Waals surface area contributed by atoms with E-state index in [9.17, 15) is 14.7 Å². The van der Waals surface area contributed by atoms with Gasteiger partial charge in [0.05, 0.1) is 24.3 Å². The molecule has 1 aromatic carbocycles. The van der Waals surface area contributed by atoms with E-state index >= 15 is 0 Å². The highest BCUT2D eigenvalue weighted by molar-refractivity contribution is 5.97. The number of benzene rings is 1. The van der Waals surface area contributed by atoms with Gasteiger partial charge in [-0.25, -0.2) is 0 Å². The van der Waals surface area contributed by atoms with E-state index in [1.165, 1.54) is 6.20 Å². The van der Waals surface area contributed by atoms with E-state index in [0.717, 1.165) is 16.7 Å². The monoisotopic (exact) mass is 414 g/mol. The first-order chi connectivity index (χ1) is 15.2. The fourth-order valence-electron chi connectivity index (χ4n) is 4.76. The van der Waals surface area contributed by atoms with Gasteiger partial charge in [-0.05, 0) is 34.9 Å². The molecule has 0 spiro atoms. The number of fused-ring (bicyclic) bond motifs is 1. The number of aliphatic hydroxyl groups is 1. The summed E-state index contributed by atoms with van der Waals surface area (Å²) >= 11 is 0. The number of amides is 2. The molecule has 2 aliphatic rings. The standard InChI is InChI=1S/C24H22N4O3/c29-15-21-23(17-7-5-16(6-8-17)18-3-1-9-25-11-18)20-13-27(14-22(30)28(20)21)24(31)19-4-2-10-26-12-19/h1-12,20-21,23,29H,13-15H2/t20-,21-,23-/m0/s1. The van der Waals surface area contributed by atoms with Crippen molar-refractivity contribution in [2.75, 3.05) is 19.7 Å². The van der Waals surface area contributed by atoms with Crippen molar-refractivity contribution in [1.82, 2.24) is 19.8 Å². The van der Waals surface area contributed by atoms with E-state index < -0.39 is 0 Å². The van der Waals surface area contributed by atoms with Gasteiger partial charge in [-0.15, -0.1) is 0 Å². The zero-order valence-corrected chi connectivity index (χ0v) is 16.8. The summed E-state index contributed by atoms with van der Waals surface area (Å²) < 4.78 is 0. The van der Waals surface area contributed by atoms with Crippen LogP contribution < -0.4 is 0 Å². The molecule has 5 rings (SSSR count). The number of carbonyl (C=O) groups excluding carboxylic acids is 2. The van der Waals surface area contributed by atoms with Crippen LogP contribution in [0.1, 0.15) is 21.8 Å². The summed E-state index contributed by atoms with van der Waals surface area (Å²) in [5.74, 6) is -0.351. The molecule has 0 unspecified atom stereocenters. The molecule has 2 fully saturated rings. The lowest BCUT2D eigenvalue weighted by atomic mass is 9.73. The zero-order chi connectivity index (χ0) is 21.4. The SMILES string of the molecule is O=C(c1cccnc1)N1CC(=O)N2[C@@H](CO)[C@@H](c3ccc(-c4cccnc4)cc3)[C@@H]2C1. The number of piperazine rings is 1. The Morgan fingerprint density at radius 2 is 1.74 bits per heavy atom. The number of carbonyl (C=O) groups is 2. The highest BCUT2D eigenvalue weighted by atomic mass is 16.3. The molecule has 3 aromatic rings. The van der Waals surface area contributed by atoms with Gasteiger partial charge in [0.2, 0.25) is 5.91 Å². The van der Waals surface area contributed by atoms with Crippen molar-refractivity contribution in [3.63, 3.8) is 0 Å². The van der Waals surface area contributed by atoms with Crippen LogP contribution in [0.3, 0.4) is 0 Å². The average molecular weight is 414 g/mol. The fourth-order valence-corrected chi connectivity index (χ4v) is 4.76. The second-order valence-electron chi connectivity index (χ2n) is 7.94. The van der Waals surface area contributed by atoms with E-state index in [-0.39, 0.29) is 43.0 Å². The third-order valence-corrected chi connectivity index (χ3v) is 6.24. The van der Waals surface area contributed by atoms with Gasteiger partial charge in [-0.1, -0.05) is 30.3 Å². The van der Waals surface area contributed by atoms with Crippen molar-refractivity contribution < 1.29 is 14.7 Å². The molecule has 7 nitrogen and oxygen atoms in total. The van der Waals surface area contributed by atoms with Crippen LogP contribution in [-0.2, 0) is 4.79 Å². The van der Waals surface area contributed by atoms with Crippen LogP contribution in [0.2, 0.25) is 0 Å². The fraction of sp³-hybridized carbons (Fsp3) is 0.250. The van der Waals surface area contributed by atoms with Gasteiger partial charge in [0, 0.05) is 37.3 Å². The van der Waals surface area contributed by atoms with Crippen molar-refractivity contribution >= 4 is 11.8 Å². The molecule has 0 saturated carbocycles. The highest BCUT2D eigenvalue weighted by Gasteiger charge is 2.54. The molecule has 2 amide bonds. The molecule has 4 heterocycles. The molecule has 0 aliphatic carbocycles. The highest BCUT2D eigenvalue weighted by Crippen LogP contribution is 2.43. The quantitative estimate of drug-likeness (QED) is 0.705. The number of rotatable bonds is 4. The first-order valence-electron chi connectivity index (χ1n) is 10.3. The van der Waals surface area contributed by atoms with Crippen LogP contribution in [0, 0.1) is 0 Å². The minimum atomic E-state index is -0.266. The lowest BCUT2D eigenvalue weighted by Gasteiger charge is -2.58. The van der Waals surface area contributed by atoms with Gasteiger partial charge in [0.1, 0.15) is 6.54 Å². The molecule has 2 aliphatic heterocycles. The van der Waals surface area contributed by atoms with Crippen LogP contribution in [0.4, 0.5) is 0 Å². The van der Waals surface area contributed by atoms with Crippen molar-refractivity contribution in [2.45, 2.75) is 18.0 Å². The summed E-state index contributed by atoms with van der Waals surface area (Å²) in [4.78, 5) is 37.2. The summed E-state index contributed by atoms with van der Waals surface area (Å²) in [6, 6.07) is 15.1. The molecule has 2 aromatic heterocycles. The Morgan fingerprint density at radius 1 is 1.00 bits per heavy atom. The molecule has 0 bridgehead atoms. The molecule has 31 heavy (non-hydrogen) atoms. The van der Waals surface area contributed by atoms with Crippen molar-refractivity contribution in [1.29, 1.82) is 0 Å². The van der Waals surface area contributed by atoms with E-state index in [1.54, 1.807) is 34.3 Å². The first kappa shape index (κ1) is 19.4. The second-order valence-corrected chi connectivity index (χ2v) is 7.94. The predicted molar refractivity (Wildman–Crippen MR) is 114 cm³/mol. The summed E-state index contributed by atoms with van der Waals surface area (Å²) in [6.45, 7) is 0.353. The summed E-state index contributed by atoms with van der Waals surface area (Å²) in [5, 5.41) is 9.97. The Kier molecular flexibility index (Phi) is 4.95. The Labute approximate surface area is 180 Å². The van der Waals surface area contributed by atoms with E-state index in [1.807, 2.05) is 42.6 Å². The molecular weight excluding hydrogens is 392 g/mol. The average Bonchev–Trinajstić information content (AvgIpc) is 2.81. The zero-order valence-electron chi connectivity index (χ0n) is 16.8. The third-order valence-electron chi connectivity index (χ3n) is 6.24. The van der Waals surface area contributed by atoms with E-state index in [4.69, 9.17) is 0 Å². The number of hydrogen-bond donors (Lipinski definition) is 1. The molecule has 0 radical (unpaired) electrons. The van der Waals surface area contributed by atoms with Gasteiger partial charge in [-0.2, -0.15) is 0 Å². The van der Waals surface area contributed by atoms with E-state index in [2.05, 4.69) is 9.97 Å². The van der Waals surface area contributed by atoms with Gasteiger partial charge < -0.3 is 14.9 Å². The van der Waals surface area contributed by atoms with Crippen molar-refractivity contribution in [2.24, 2.45) is 0 Å². The van der Waals surface area contributed by atoms with Gasteiger partial charge in [-0.3, -0.25) is 19.6 Å². The van der Waals surface area contributed by atoms with Crippen LogP contribution in [0.25, 0.3) is 11.1 Å². The lowest BCUT2D eigenvalue weighted by Crippen LogP contribution is -2.73. The molecule has 1 N–H and O–H groups in total. The smallest absolute Gasteiger partial charge is 0.255 e. The maximum Gasteiger partial charge on any atom is 0.255 e. The predicted octanol–water partition coefficient (Wildman–Crippen LogP) is 1.95. The van der Waals surface area contributed by atoms with Crippen LogP contribution in [0.5, 0.6) is 0 Å². The summed E-state index contributed by atoms with van der Waals surface area (Å²) in [7, 11) is 0. The van der Waals surface area contributed by atoms with Gasteiger partial charge >= 0.3 is 0 Å². The van der Waals surface area contributed by atoms with Crippen LogP contribution in [0.15, 0.2) is 73.3 Å². The topological polar surface area (TPSA) is 86.6 Å². The van der Waals surface area contributed by atoms with Crippen molar-refractivity contribution in [3.8, 4) is 11.1 Å². The maximum absolute atomic E-state index is 12.9. The number of aliphatic hydroxyl groups excluding tert-OH is 1. The Hall–Kier alpha value is -3.58. The lowest BCUT2D eigenvalue weighted by molar-refractivity contribution is -0.159. The minimum Gasteiger partial charge on any atom is -0.394 e. The number of nitrogens with zero attached hydrogens (tertiary/aromatic N) is 4. The second kappa shape index (κ2) is 7.92. The molecule has 2 saturated heterocycles. The third kappa shape index (κ3) is 3.37. The van der Waals surface area contributed by atoms with E-state index in [0.29, 0.717) is 12.1 Å². The largest absolute Gasteiger partial charge is 0.394 e. The van der Waals surface area contributed by atoms with Gasteiger partial charge in [0.15, 0.2) is 0 Å². The molecular formula is C24H22N4O3. The molecule has 3 atom stereocenters. The minimum absolute atomic E-state index is 0.0212. The molecule has 7 heteroatoms. The number of hydrogen-bond acceptors (Lipinski definition) is 5. The van der Waals surface area contributed by atoms with Crippen LogP contribution in [-0.4, -0.2) is 68.5 Å². The number of aromatic nitrogens is 2.